The summed E-state index contributed by atoms with van der Waals surface area (Å²) in [6.45, 7) is 1.42. The van der Waals surface area contributed by atoms with Crippen LogP contribution in [0.4, 0.5) is 4.39 Å². The summed E-state index contributed by atoms with van der Waals surface area (Å²) in [5.74, 6) is -0.496. The Morgan fingerprint density at radius 3 is 2.78 bits per heavy atom. The van der Waals surface area contributed by atoms with Crippen molar-refractivity contribution in [3.05, 3.63) is 29.3 Å². The Bertz CT molecular complexity index is 409. The number of carboxylic acids is 1. The van der Waals surface area contributed by atoms with Crippen LogP contribution in [0.5, 0.6) is 5.75 Å². The summed E-state index contributed by atoms with van der Waals surface area (Å²) in [6, 6.07) is 4.41. The molecule has 0 heterocycles. The first kappa shape index (κ1) is 14.4. The first-order chi connectivity index (χ1) is 8.58. The van der Waals surface area contributed by atoms with Crippen molar-refractivity contribution in [2.24, 2.45) is 5.73 Å². The lowest BCUT2D eigenvalue weighted by atomic mass is 9.98. The monoisotopic (exact) mass is 255 g/mol. The second kappa shape index (κ2) is 6.96. The van der Waals surface area contributed by atoms with Crippen LogP contribution in [0.25, 0.3) is 0 Å². The van der Waals surface area contributed by atoms with E-state index >= 15 is 0 Å². The van der Waals surface area contributed by atoms with Gasteiger partial charge in [-0.3, -0.25) is 4.79 Å². The summed E-state index contributed by atoms with van der Waals surface area (Å²) < 4.78 is 17.2. The highest BCUT2D eigenvalue weighted by Crippen LogP contribution is 2.20. The molecule has 0 bridgehead atoms. The molecule has 18 heavy (non-hydrogen) atoms. The van der Waals surface area contributed by atoms with E-state index in [-0.39, 0.29) is 13.0 Å². The number of hydrogen-bond acceptors (Lipinski definition) is 3. The fraction of sp³-hybridized carbons (Fsp3) is 0.462. The van der Waals surface area contributed by atoms with E-state index in [2.05, 4.69) is 0 Å². The number of benzene rings is 1. The second-order valence-corrected chi connectivity index (χ2v) is 3.97. The molecule has 1 atom stereocenters. The molecule has 0 saturated carbocycles. The van der Waals surface area contributed by atoms with Gasteiger partial charge in [0.1, 0.15) is 25.1 Å². The number of rotatable bonds is 7. The summed E-state index contributed by atoms with van der Waals surface area (Å²) in [4.78, 5) is 10.8. The minimum absolute atomic E-state index is 0.00407. The van der Waals surface area contributed by atoms with Crippen molar-refractivity contribution in [3.63, 3.8) is 0 Å². The number of alkyl halides is 1. The maximum atomic E-state index is 12.0. The van der Waals surface area contributed by atoms with Crippen LogP contribution in [0, 0.1) is 0 Å². The van der Waals surface area contributed by atoms with E-state index in [9.17, 15) is 9.18 Å². The molecule has 0 spiro atoms. The Labute approximate surface area is 106 Å². The predicted molar refractivity (Wildman–Crippen MR) is 66.6 cm³/mol. The maximum absolute atomic E-state index is 12.0. The topological polar surface area (TPSA) is 72.5 Å². The van der Waals surface area contributed by atoms with Crippen molar-refractivity contribution in [1.82, 2.24) is 0 Å². The Morgan fingerprint density at radius 2 is 2.22 bits per heavy atom. The van der Waals surface area contributed by atoms with Crippen LogP contribution < -0.4 is 10.5 Å². The van der Waals surface area contributed by atoms with Crippen LogP contribution in [0.3, 0.4) is 0 Å². The molecule has 0 fully saturated rings. The lowest BCUT2D eigenvalue weighted by Crippen LogP contribution is -2.32. The van der Waals surface area contributed by atoms with Crippen molar-refractivity contribution in [2.75, 3.05) is 13.3 Å². The molecule has 1 unspecified atom stereocenters. The number of ether oxygens (including phenoxy) is 1. The highest BCUT2D eigenvalue weighted by Gasteiger charge is 2.14. The predicted octanol–water partition coefficient (Wildman–Crippen LogP) is 1.55. The van der Waals surface area contributed by atoms with Crippen LogP contribution in [-0.2, 0) is 17.6 Å². The summed E-state index contributed by atoms with van der Waals surface area (Å²) in [7, 11) is 0. The number of nitrogens with two attached hydrogens (primary N) is 1. The van der Waals surface area contributed by atoms with Gasteiger partial charge in [-0.25, -0.2) is 4.39 Å². The van der Waals surface area contributed by atoms with E-state index in [0.717, 1.165) is 17.5 Å². The van der Waals surface area contributed by atoms with Gasteiger partial charge in [-0.2, -0.15) is 0 Å². The zero-order chi connectivity index (χ0) is 13.5. The van der Waals surface area contributed by atoms with E-state index in [1.165, 1.54) is 0 Å². The smallest absolute Gasteiger partial charge is 0.320 e. The zero-order valence-electron chi connectivity index (χ0n) is 10.4. The fourth-order valence-electron chi connectivity index (χ4n) is 1.71. The van der Waals surface area contributed by atoms with E-state index in [0.29, 0.717) is 5.75 Å². The molecule has 0 saturated heterocycles. The highest BCUT2D eigenvalue weighted by molar-refractivity contribution is 5.73. The van der Waals surface area contributed by atoms with Crippen LogP contribution >= 0.6 is 0 Å². The minimum Gasteiger partial charge on any atom is -0.491 e. The van der Waals surface area contributed by atoms with Crippen molar-refractivity contribution in [2.45, 2.75) is 25.8 Å². The first-order valence-corrected chi connectivity index (χ1v) is 5.87. The third kappa shape index (κ3) is 4.00. The van der Waals surface area contributed by atoms with Gasteiger partial charge in [-0.1, -0.05) is 13.0 Å². The molecular formula is C13H18FNO3. The van der Waals surface area contributed by atoms with Crippen LogP contribution in [0.2, 0.25) is 0 Å². The standard InChI is InChI=1S/C13H18FNO3/c1-2-9-3-4-11(18-6-5-14)7-10(9)8-12(15)13(16)17/h3-4,7,12H,2,5-6,8,15H2,1H3,(H,16,17). The Hall–Kier alpha value is -1.62. The molecule has 1 rings (SSSR count). The van der Waals surface area contributed by atoms with E-state index in [4.69, 9.17) is 15.6 Å². The van der Waals surface area contributed by atoms with Gasteiger partial charge in [0.2, 0.25) is 0 Å². The number of carboxylic acid groups (broad SMARTS) is 1. The van der Waals surface area contributed by atoms with Crippen molar-refractivity contribution in [1.29, 1.82) is 0 Å². The third-order valence-corrected chi connectivity index (χ3v) is 2.66. The highest BCUT2D eigenvalue weighted by atomic mass is 19.1. The van der Waals surface area contributed by atoms with E-state index < -0.39 is 18.7 Å². The van der Waals surface area contributed by atoms with Crippen LogP contribution in [0.1, 0.15) is 18.1 Å². The molecule has 5 heteroatoms. The number of hydrogen-bond donors (Lipinski definition) is 2. The zero-order valence-corrected chi connectivity index (χ0v) is 10.4. The van der Waals surface area contributed by atoms with Gasteiger partial charge in [0.15, 0.2) is 0 Å². The summed E-state index contributed by atoms with van der Waals surface area (Å²) in [5, 5.41) is 8.81. The van der Waals surface area contributed by atoms with E-state index in [1.807, 2.05) is 13.0 Å². The number of aliphatic carboxylic acids is 1. The number of halogens is 1. The average Bonchev–Trinajstić information content (AvgIpc) is 2.36. The quantitative estimate of drug-likeness (QED) is 0.775. The summed E-state index contributed by atoms with van der Waals surface area (Å²) in [6.07, 6.45) is 1.02. The Kier molecular flexibility index (Phi) is 5.58. The Morgan fingerprint density at radius 1 is 1.50 bits per heavy atom. The molecule has 0 aliphatic rings. The molecule has 1 aromatic rings. The normalized spacial score (nSPS) is 12.2. The molecular weight excluding hydrogens is 237 g/mol. The van der Waals surface area contributed by atoms with Gasteiger partial charge in [-0.15, -0.1) is 0 Å². The van der Waals surface area contributed by atoms with Gasteiger partial charge in [0.25, 0.3) is 0 Å². The molecule has 4 nitrogen and oxygen atoms in total. The van der Waals surface area contributed by atoms with Crippen LogP contribution in [-0.4, -0.2) is 30.4 Å². The molecule has 0 aromatic heterocycles. The lowest BCUT2D eigenvalue weighted by Gasteiger charge is -2.13. The molecule has 1 aromatic carbocycles. The maximum Gasteiger partial charge on any atom is 0.320 e. The van der Waals surface area contributed by atoms with Crippen molar-refractivity contribution >= 4 is 5.97 Å². The van der Waals surface area contributed by atoms with Gasteiger partial charge < -0.3 is 15.6 Å². The molecule has 0 radical (unpaired) electrons. The third-order valence-electron chi connectivity index (χ3n) is 2.66. The summed E-state index contributed by atoms with van der Waals surface area (Å²) >= 11 is 0. The fourth-order valence-corrected chi connectivity index (χ4v) is 1.71. The van der Waals surface area contributed by atoms with Gasteiger partial charge in [-0.05, 0) is 36.1 Å². The van der Waals surface area contributed by atoms with Gasteiger partial charge in [0.05, 0.1) is 0 Å². The molecule has 100 valence electrons. The molecule has 0 aliphatic heterocycles. The second-order valence-electron chi connectivity index (χ2n) is 3.97. The van der Waals surface area contributed by atoms with Crippen LogP contribution in [0.15, 0.2) is 18.2 Å². The molecule has 0 amide bonds. The van der Waals surface area contributed by atoms with Crippen molar-refractivity contribution < 1.29 is 19.0 Å². The molecule has 0 aliphatic carbocycles. The van der Waals surface area contributed by atoms with Gasteiger partial charge in [0, 0.05) is 0 Å². The molecule has 3 N–H and O–H groups in total. The Balaban J connectivity index is 2.87. The average molecular weight is 255 g/mol. The number of aryl methyl sites for hydroxylation is 1. The van der Waals surface area contributed by atoms with Crippen molar-refractivity contribution in [3.8, 4) is 5.75 Å². The largest absolute Gasteiger partial charge is 0.491 e. The lowest BCUT2D eigenvalue weighted by molar-refractivity contribution is -0.138. The van der Waals surface area contributed by atoms with E-state index in [1.54, 1.807) is 12.1 Å². The van der Waals surface area contributed by atoms with Gasteiger partial charge >= 0.3 is 5.97 Å². The SMILES string of the molecule is CCc1ccc(OCCF)cc1CC(N)C(=O)O. The minimum atomic E-state index is -1.04. The number of carbonyl (C=O) groups is 1. The first-order valence-electron chi connectivity index (χ1n) is 5.87. The summed E-state index contributed by atoms with van der Waals surface area (Å²) in [5.41, 5.74) is 7.39.